The first-order valence-corrected chi connectivity index (χ1v) is 6.81. The maximum Gasteiger partial charge on any atom is 0.123 e. The van der Waals surface area contributed by atoms with Crippen LogP contribution in [0.15, 0.2) is 48.5 Å². The Kier molecular flexibility index (Phi) is 4.92. The molecule has 2 rings (SSSR count). The van der Waals surface area contributed by atoms with E-state index in [2.05, 4.69) is 0 Å². The van der Waals surface area contributed by atoms with Crippen molar-refractivity contribution in [2.24, 2.45) is 0 Å². The molecule has 0 bridgehead atoms. The summed E-state index contributed by atoms with van der Waals surface area (Å²) in [6.45, 7) is 0. The van der Waals surface area contributed by atoms with Gasteiger partial charge in [0.1, 0.15) is 11.6 Å². The van der Waals surface area contributed by atoms with E-state index < -0.39 is 0 Å². The minimum atomic E-state index is -0.273. The lowest BCUT2D eigenvalue weighted by molar-refractivity contribution is 0.612. The van der Waals surface area contributed by atoms with Gasteiger partial charge in [-0.05, 0) is 48.2 Å². The summed E-state index contributed by atoms with van der Waals surface area (Å²) in [6.07, 6.45) is 1.58. The standard InChI is InChI=1S/C16H15ClF2/c17-9-3-8-16(12-4-1-6-14(18)10-12)13-5-2-7-15(19)11-13/h1-2,4-7,10-11,16H,3,8-9H2. The second-order valence-corrected chi connectivity index (χ2v) is 4.87. The maximum absolute atomic E-state index is 13.3. The van der Waals surface area contributed by atoms with Crippen molar-refractivity contribution < 1.29 is 8.78 Å². The van der Waals surface area contributed by atoms with Gasteiger partial charge in [0.2, 0.25) is 0 Å². The monoisotopic (exact) mass is 280 g/mol. The van der Waals surface area contributed by atoms with Crippen molar-refractivity contribution in [3.05, 3.63) is 71.3 Å². The van der Waals surface area contributed by atoms with Gasteiger partial charge in [0, 0.05) is 11.8 Å². The molecule has 0 spiro atoms. The first-order chi connectivity index (χ1) is 9.20. The fourth-order valence-corrected chi connectivity index (χ4v) is 2.41. The first-order valence-electron chi connectivity index (χ1n) is 6.27. The number of hydrogen-bond donors (Lipinski definition) is 0. The summed E-state index contributed by atoms with van der Waals surface area (Å²) in [5, 5.41) is 0. The van der Waals surface area contributed by atoms with E-state index >= 15 is 0 Å². The Balaban J connectivity index is 2.35. The lowest BCUT2D eigenvalue weighted by Gasteiger charge is -2.17. The van der Waals surface area contributed by atoms with E-state index in [1.807, 2.05) is 12.1 Å². The van der Waals surface area contributed by atoms with Gasteiger partial charge in [-0.3, -0.25) is 0 Å². The summed E-state index contributed by atoms with van der Waals surface area (Å²) < 4.78 is 26.7. The van der Waals surface area contributed by atoms with Crippen LogP contribution in [0, 0.1) is 11.6 Å². The minimum Gasteiger partial charge on any atom is -0.207 e. The van der Waals surface area contributed by atoms with E-state index in [4.69, 9.17) is 11.6 Å². The molecule has 0 fully saturated rings. The topological polar surface area (TPSA) is 0 Å². The number of alkyl halides is 1. The smallest absolute Gasteiger partial charge is 0.123 e. The van der Waals surface area contributed by atoms with Crippen LogP contribution in [0.5, 0.6) is 0 Å². The molecule has 0 aromatic heterocycles. The molecule has 0 nitrogen and oxygen atoms in total. The van der Waals surface area contributed by atoms with E-state index in [1.54, 1.807) is 12.1 Å². The normalized spacial score (nSPS) is 10.9. The van der Waals surface area contributed by atoms with Crippen molar-refractivity contribution in [1.82, 2.24) is 0 Å². The summed E-state index contributed by atoms with van der Waals surface area (Å²) in [4.78, 5) is 0. The van der Waals surface area contributed by atoms with Crippen LogP contribution in [-0.4, -0.2) is 5.88 Å². The van der Waals surface area contributed by atoms with Crippen molar-refractivity contribution in [2.75, 3.05) is 5.88 Å². The highest BCUT2D eigenvalue weighted by molar-refractivity contribution is 6.17. The SMILES string of the molecule is Fc1cccc(C(CCCCl)c2cccc(F)c2)c1. The van der Waals surface area contributed by atoms with Gasteiger partial charge in [-0.2, -0.15) is 0 Å². The van der Waals surface area contributed by atoms with E-state index in [9.17, 15) is 8.78 Å². The quantitative estimate of drug-likeness (QED) is 0.667. The highest BCUT2D eigenvalue weighted by Gasteiger charge is 2.15. The van der Waals surface area contributed by atoms with Crippen LogP contribution in [0.25, 0.3) is 0 Å². The zero-order valence-electron chi connectivity index (χ0n) is 10.5. The molecule has 19 heavy (non-hydrogen) atoms. The van der Waals surface area contributed by atoms with Crippen LogP contribution < -0.4 is 0 Å². The molecule has 0 aliphatic carbocycles. The predicted molar refractivity (Wildman–Crippen MR) is 74.6 cm³/mol. The summed E-state index contributed by atoms with van der Waals surface area (Å²) in [5.74, 6) is -0.0269. The molecule has 0 aliphatic rings. The zero-order valence-corrected chi connectivity index (χ0v) is 11.2. The van der Waals surface area contributed by atoms with Crippen molar-refractivity contribution in [3.8, 4) is 0 Å². The summed E-state index contributed by atoms with van der Waals surface area (Å²) in [7, 11) is 0. The number of rotatable bonds is 5. The molecule has 0 amide bonds. The van der Waals surface area contributed by atoms with Crippen molar-refractivity contribution >= 4 is 11.6 Å². The third-order valence-corrected chi connectivity index (χ3v) is 3.40. The molecule has 0 unspecified atom stereocenters. The van der Waals surface area contributed by atoms with Gasteiger partial charge in [-0.15, -0.1) is 11.6 Å². The molecular weight excluding hydrogens is 266 g/mol. The first kappa shape index (κ1) is 14.0. The lowest BCUT2D eigenvalue weighted by atomic mass is 9.87. The molecule has 2 aromatic carbocycles. The number of hydrogen-bond acceptors (Lipinski definition) is 0. The molecule has 0 atom stereocenters. The lowest BCUT2D eigenvalue weighted by Crippen LogP contribution is -2.03. The summed E-state index contributed by atoms with van der Waals surface area (Å²) in [6, 6.07) is 12.9. The molecule has 2 aromatic rings. The van der Waals surface area contributed by atoms with Crippen LogP contribution >= 0.6 is 11.6 Å². The molecule has 0 saturated carbocycles. The molecule has 0 heterocycles. The third kappa shape index (κ3) is 3.77. The predicted octanol–water partition coefficient (Wildman–Crippen LogP) is 5.12. The Morgan fingerprint density at radius 2 is 1.42 bits per heavy atom. The van der Waals surface area contributed by atoms with Gasteiger partial charge in [0.25, 0.3) is 0 Å². The zero-order chi connectivity index (χ0) is 13.7. The number of benzene rings is 2. The van der Waals surface area contributed by atoms with Gasteiger partial charge in [0.05, 0.1) is 0 Å². The molecule has 0 saturated heterocycles. The van der Waals surface area contributed by atoms with Crippen molar-refractivity contribution in [1.29, 1.82) is 0 Å². The Hall–Kier alpha value is -1.41. The highest BCUT2D eigenvalue weighted by atomic mass is 35.5. The fraction of sp³-hybridized carbons (Fsp3) is 0.250. The van der Waals surface area contributed by atoms with E-state index in [0.29, 0.717) is 5.88 Å². The fourth-order valence-electron chi connectivity index (χ4n) is 2.25. The maximum atomic E-state index is 13.3. The minimum absolute atomic E-state index is 0.0230. The van der Waals surface area contributed by atoms with Crippen LogP contribution in [0.2, 0.25) is 0 Å². The second-order valence-electron chi connectivity index (χ2n) is 4.49. The highest BCUT2D eigenvalue weighted by Crippen LogP contribution is 2.30. The van der Waals surface area contributed by atoms with E-state index in [1.165, 1.54) is 24.3 Å². The average Bonchev–Trinajstić information content (AvgIpc) is 2.39. The molecule has 0 radical (unpaired) electrons. The Morgan fingerprint density at radius 3 is 1.84 bits per heavy atom. The second kappa shape index (κ2) is 6.67. The van der Waals surface area contributed by atoms with Gasteiger partial charge in [0.15, 0.2) is 0 Å². The molecule has 0 aliphatic heterocycles. The van der Waals surface area contributed by atoms with Gasteiger partial charge >= 0.3 is 0 Å². The van der Waals surface area contributed by atoms with E-state index in [0.717, 1.165) is 24.0 Å². The Labute approximate surface area is 117 Å². The molecule has 100 valence electrons. The van der Waals surface area contributed by atoms with Crippen molar-refractivity contribution in [3.63, 3.8) is 0 Å². The van der Waals surface area contributed by atoms with Gasteiger partial charge in [-0.1, -0.05) is 24.3 Å². The van der Waals surface area contributed by atoms with E-state index in [-0.39, 0.29) is 17.6 Å². The van der Waals surface area contributed by atoms with Gasteiger partial charge < -0.3 is 0 Å². The molecule has 0 N–H and O–H groups in total. The van der Waals surface area contributed by atoms with Crippen LogP contribution in [-0.2, 0) is 0 Å². The summed E-state index contributed by atoms with van der Waals surface area (Å²) in [5.41, 5.74) is 1.71. The van der Waals surface area contributed by atoms with Crippen LogP contribution in [0.3, 0.4) is 0 Å². The molecule has 3 heteroatoms. The average molecular weight is 281 g/mol. The van der Waals surface area contributed by atoms with Crippen molar-refractivity contribution in [2.45, 2.75) is 18.8 Å². The number of halogens is 3. The van der Waals surface area contributed by atoms with Crippen LogP contribution in [0.1, 0.15) is 29.9 Å². The summed E-state index contributed by atoms with van der Waals surface area (Å²) >= 11 is 5.73. The van der Waals surface area contributed by atoms with Crippen LogP contribution in [0.4, 0.5) is 8.78 Å². The Bertz CT molecular complexity index is 494. The Morgan fingerprint density at radius 1 is 0.895 bits per heavy atom. The largest absolute Gasteiger partial charge is 0.207 e. The molecular formula is C16H15ClF2. The van der Waals surface area contributed by atoms with Gasteiger partial charge in [-0.25, -0.2) is 8.78 Å². The third-order valence-electron chi connectivity index (χ3n) is 3.13.